The Balaban J connectivity index is 2.40. The van der Waals surface area contributed by atoms with Crippen LogP contribution in [0.15, 0.2) is 42.5 Å². The van der Waals surface area contributed by atoms with Crippen LogP contribution in [0, 0.1) is 6.92 Å². The lowest BCUT2D eigenvalue weighted by molar-refractivity contribution is 0.111. The fourth-order valence-corrected chi connectivity index (χ4v) is 1.78. The molecule has 0 saturated heterocycles. The van der Waals surface area contributed by atoms with Gasteiger partial charge in [0.1, 0.15) is 6.29 Å². The van der Waals surface area contributed by atoms with Gasteiger partial charge < -0.3 is 5.32 Å². The Labute approximate surface area is 105 Å². The van der Waals surface area contributed by atoms with Gasteiger partial charge in [0, 0.05) is 22.5 Å². The number of nitrogens with one attached hydrogen (secondary N) is 1. The van der Waals surface area contributed by atoms with E-state index in [1.807, 2.05) is 37.3 Å². The lowest BCUT2D eigenvalue weighted by Gasteiger charge is -2.12. The fourth-order valence-electron chi connectivity index (χ4n) is 1.78. The van der Waals surface area contributed by atoms with Gasteiger partial charge >= 0.3 is 0 Å². The molecule has 1 N–H and O–H groups in total. The molecule has 0 saturated carbocycles. The molecule has 0 aliphatic rings. The number of benzene rings is 2. The molecule has 0 heterocycles. The van der Waals surface area contributed by atoms with Crippen molar-refractivity contribution in [3.8, 4) is 0 Å². The van der Waals surface area contributed by atoms with Crippen LogP contribution < -0.4 is 5.32 Å². The zero-order chi connectivity index (χ0) is 13.0. The Kier molecular flexibility index (Phi) is 3.53. The number of hydrogen-bond donors (Lipinski definition) is 1. The first-order valence-corrected chi connectivity index (χ1v) is 5.62. The van der Waals surface area contributed by atoms with Crippen molar-refractivity contribution in [2.24, 2.45) is 0 Å². The van der Waals surface area contributed by atoms with Gasteiger partial charge in [-0.3, -0.25) is 9.59 Å². The van der Waals surface area contributed by atoms with E-state index in [4.69, 9.17) is 0 Å². The Morgan fingerprint density at radius 3 is 2.17 bits per heavy atom. The maximum atomic E-state index is 10.9. The number of carbonyl (C=O) groups is 2. The lowest BCUT2D eigenvalue weighted by Crippen LogP contribution is -1.98. The van der Waals surface area contributed by atoms with Gasteiger partial charge in [-0.25, -0.2) is 0 Å². The van der Waals surface area contributed by atoms with Crippen molar-refractivity contribution in [3.05, 3.63) is 59.2 Å². The normalized spacial score (nSPS) is 9.83. The summed E-state index contributed by atoms with van der Waals surface area (Å²) in [6, 6.07) is 12.7. The molecule has 0 spiro atoms. The highest BCUT2D eigenvalue weighted by molar-refractivity contribution is 5.87. The van der Waals surface area contributed by atoms with Crippen molar-refractivity contribution >= 4 is 23.9 Å². The van der Waals surface area contributed by atoms with E-state index >= 15 is 0 Å². The van der Waals surface area contributed by atoms with Gasteiger partial charge in [0.2, 0.25) is 0 Å². The third-order valence-corrected chi connectivity index (χ3v) is 2.86. The summed E-state index contributed by atoms with van der Waals surface area (Å²) in [4.78, 5) is 21.8. The quantitative estimate of drug-likeness (QED) is 0.832. The highest BCUT2D eigenvalue weighted by Crippen LogP contribution is 2.24. The third-order valence-electron chi connectivity index (χ3n) is 2.86. The van der Waals surface area contributed by atoms with Gasteiger partial charge in [-0.1, -0.05) is 24.3 Å². The van der Waals surface area contributed by atoms with E-state index in [1.165, 1.54) is 0 Å². The number of rotatable bonds is 4. The summed E-state index contributed by atoms with van der Waals surface area (Å²) < 4.78 is 0. The minimum Gasteiger partial charge on any atom is -0.355 e. The Bertz CT molecular complexity index is 591. The first-order valence-electron chi connectivity index (χ1n) is 5.62. The minimum atomic E-state index is 0.591. The van der Waals surface area contributed by atoms with Gasteiger partial charge in [-0.15, -0.1) is 0 Å². The summed E-state index contributed by atoms with van der Waals surface area (Å²) in [6.07, 6.45) is 1.63. The zero-order valence-corrected chi connectivity index (χ0v) is 10.0. The van der Waals surface area contributed by atoms with E-state index < -0.39 is 0 Å². The van der Waals surface area contributed by atoms with Crippen LogP contribution >= 0.6 is 0 Å². The van der Waals surface area contributed by atoms with Crippen molar-refractivity contribution in [2.45, 2.75) is 6.92 Å². The summed E-state index contributed by atoms with van der Waals surface area (Å²) in [7, 11) is 0. The molecule has 18 heavy (non-hydrogen) atoms. The fraction of sp³-hybridized carbons (Fsp3) is 0.0667. The molecule has 2 aromatic carbocycles. The van der Waals surface area contributed by atoms with Gasteiger partial charge in [-0.05, 0) is 30.7 Å². The van der Waals surface area contributed by atoms with Crippen molar-refractivity contribution < 1.29 is 9.59 Å². The van der Waals surface area contributed by atoms with Crippen LogP contribution in [-0.2, 0) is 0 Å². The third kappa shape index (κ3) is 2.30. The van der Waals surface area contributed by atoms with Crippen molar-refractivity contribution in [1.29, 1.82) is 0 Å². The molecular formula is C15H13NO2. The van der Waals surface area contributed by atoms with Crippen molar-refractivity contribution in [3.63, 3.8) is 0 Å². The van der Waals surface area contributed by atoms with Crippen LogP contribution in [0.3, 0.4) is 0 Å². The van der Waals surface area contributed by atoms with Gasteiger partial charge in [0.05, 0.1) is 0 Å². The van der Waals surface area contributed by atoms with Crippen LogP contribution in [0.5, 0.6) is 0 Å². The molecule has 0 aromatic heterocycles. The van der Waals surface area contributed by atoms with E-state index in [1.54, 1.807) is 12.1 Å². The van der Waals surface area contributed by atoms with Crippen LogP contribution in [-0.4, -0.2) is 12.6 Å². The van der Waals surface area contributed by atoms with E-state index in [-0.39, 0.29) is 0 Å². The second-order valence-corrected chi connectivity index (χ2v) is 3.97. The second-order valence-electron chi connectivity index (χ2n) is 3.97. The molecule has 0 radical (unpaired) electrons. The smallest absolute Gasteiger partial charge is 0.152 e. The molecule has 0 aliphatic heterocycles. The Morgan fingerprint density at radius 1 is 0.833 bits per heavy atom. The van der Waals surface area contributed by atoms with E-state index in [9.17, 15) is 9.59 Å². The van der Waals surface area contributed by atoms with Crippen LogP contribution in [0.25, 0.3) is 0 Å². The SMILES string of the molecule is Cc1c(C=O)cccc1Nc1ccccc1C=O. The number of hydrogen-bond acceptors (Lipinski definition) is 3. The zero-order valence-electron chi connectivity index (χ0n) is 10.0. The summed E-state index contributed by atoms with van der Waals surface area (Å²) in [5, 5.41) is 3.18. The predicted octanol–water partition coefficient (Wildman–Crippen LogP) is 3.36. The van der Waals surface area contributed by atoms with Crippen LogP contribution in [0.1, 0.15) is 26.3 Å². The standard InChI is InChI=1S/C15H13NO2/c1-11-12(9-17)6-4-8-14(11)16-15-7-3-2-5-13(15)10-18/h2-10,16H,1H3. The molecule has 0 amide bonds. The monoisotopic (exact) mass is 239 g/mol. The van der Waals surface area contributed by atoms with Gasteiger partial charge in [-0.2, -0.15) is 0 Å². The molecule has 2 aromatic rings. The summed E-state index contributed by atoms with van der Waals surface area (Å²) in [5.74, 6) is 0. The molecular weight excluding hydrogens is 226 g/mol. The molecule has 0 atom stereocenters. The van der Waals surface area contributed by atoms with Crippen molar-refractivity contribution in [2.75, 3.05) is 5.32 Å². The molecule has 0 unspecified atom stereocenters. The first kappa shape index (κ1) is 12.0. The first-order chi connectivity index (χ1) is 8.76. The number of aldehydes is 2. The van der Waals surface area contributed by atoms with E-state index in [0.717, 1.165) is 29.5 Å². The lowest BCUT2D eigenvalue weighted by atomic mass is 10.1. The molecule has 3 heteroatoms. The number of para-hydroxylation sites is 1. The maximum absolute atomic E-state index is 10.9. The highest BCUT2D eigenvalue weighted by atomic mass is 16.1. The summed E-state index contributed by atoms with van der Waals surface area (Å²) in [6.45, 7) is 1.87. The molecule has 0 fully saturated rings. The van der Waals surface area contributed by atoms with Gasteiger partial charge in [0.25, 0.3) is 0 Å². The second kappa shape index (κ2) is 5.27. The summed E-state index contributed by atoms with van der Waals surface area (Å²) in [5.41, 5.74) is 3.66. The van der Waals surface area contributed by atoms with Crippen LogP contribution in [0.4, 0.5) is 11.4 Å². The highest BCUT2D eigenvalue weighted by Gasteiger charge is 2.05. The molecule has 3 nitrogen and oxygen atoms in total. The summed E-state index contributed by atoms with van der Waals surface area (Å²) >= 11 is 0. The van der Waals surface area contributed by atoms with Crippen molar-refractivity contribution in [1.82, 2.24) is 0 Å². The molecule has 0 aliphatic carbocycles. The predicted molar refractivity (Wildman–Crippen MR) is 71.7 cm³/mol. The van der Waals surface area contributed by atoms with E-state index in [0.29, 0.717) is 11.1 Å². The maximum Gasteiger partial charge on any atom is 0.152 e. The topological polar surface area (TPSA) is 46.2 Å². The largest absolute Gasteiger partial charge is 0.355 e. The number of anilines is 2. The van der Waals surface area contributed by atoms with Gasteiger partial charge in [0.15, 0.2) is 6.29 Å². The van der Waals surface area contributed by atoms with E-state index in [2.05, 4.69) is 5.32 Å². The average Bonchev–Trinajstić information content (AvgIpc) is 2.42. The molecule has 2 rings (SSSR count). The Hall–Kier alpha value is -2.42. The minimum absolute atomic E-state index is 0.591. The van der Waals surface area contributed by atoms with Crippen LogP contribution in [0.2, 0.25) is 0 Å². The Morgan fingerprint density at radius 2 is 1.44 bits per heavy atom. The molecule has 90 valence electrons. The average molecular weight is 239 g/mol. The number of carbonyl (C=O) groups excluding carboxylic acids is 2. The molecule has 0 bridgehead atoms.